The Morgan fingerprint density at radius 3 is 2.15 bits per heavy atom. The van der Waals surface area contributed by atoms with E-state index >= 15 is 0 Å². The third-order valence-corrected chi connectivity index (χ3v) is 5.21. The molecule has 1 unspecified atom stereocenters. The van der Waals surface area contributed by atoms with Gasteiger partial charge in [0.2, 0.25) is 11.3 Å². The van der Waals surface area contributed by atoms with Crippen LogP contribution in [0.3, 0.4) is 0 Å². The summed E-state index contributed by atoms with van der Waals surface area (Å²) < 4.78 is 16.0. The van der Waals surface area contributed by atoms with Gasteiger partial charge in [-0.3, -0.25) is 14.4 Å². The first-order valence-corrected chi connectivity index (χ1v) is 9.26. The summed E-state index contributed by atoms with van der Waals surface area (Å²) in [6.45, 7) is 5.06. The fourth-order valence-electron chi connectivity index (χ4n) is 4.05. The van der Waals surface area contributed by atoms with Crippen molar-refractivity contribution in [2.75, 3.05) is 25.2 Å². The van der Waals surface area contributed by atoms with Gasteiger partial charge in [-0.15, -0.1) is 0 Å². The summed E-state index contributed by atoms with van der Waals surface area (Å²) in [7, 11) is 1.51. The second-order valence-electron chi connectivity index (χ2n) is 6.80. The van der Waals surface area contributed by atoms with E-state index in [1.165, 1.54) is 14.0 Å². The average Bonchev–Trinajstić information content (AvgIpc) is 3.42. The number of hydrogen-bond acceptors (Lipinski definition) is 6. The minimum atomic E-state index is -1.71. The molecule has 1 heterocycles. The summed E-state index contributed by atoms with van der Waals surface area (Å²) in [5.74, 6) is -1.07. The number of anilines is 1. The molecule has 1 saturated carbocycles. The molecule has 0 radical (unpaired) electrons. The van der Waals surface area contributed by atoms with E-state index in [4.69, 9.17) is 14.2 Å². The number of esters is 2. The zero-order valence-corrected chi connectivity index (χ0v) is 16.1. The largest absolute Gasteiger partial charge is 0.497 e. The number of hydrogen-bond donors (Lipinski definition) is 0. The third kappa shape index (κ3) is 2.85. The van der Waals surface area contributed by atoms with Gasteiger partial charge >= 0.3 is 11.9 Å². The van der Waals surface area contributed by atoms with Gasteiger partial charge in [0.1, 0.15) is 5.75 Å². The van der Waals surface area contributed by atoms with Crippen LogP contribution in [-0.2, 0) is 29.3 Å². The smallest absolute Gasteiger partial charge is 0.330 e. The number of benzene rings is 1. The maximum atomic E-state index is 13.3. The van der Waals surface area contributed by atoms with Gasteiger partial charge in [-0.25, -0.2) is 0 Å². The highest BCUT2D eigenvalue weighted by Crippen LogP contribution is 2.55. The van der Waals surface area contributed by atoms with E-state index in [9.17, 15) is 14.4 Å². The van der Waals surface area contributed by atoms with Crippen LogP contribution in [0.15, 0.2) is 18.2 Å². The Balaban J connectivity index is 2.31. The number of ether oxygens (including phenoxy) is 3. The predicted molar refractivity (Wildman–Crippen MR) is 97.6 cm³/mol. The van der Waals surface area contributed by atoms with Gasteiger partial charge in [0.15, 0.2) is 0 Å². The van der Waals surface area contributed by atoms with Crippen LogP contribution < -0.4 is 9.64 Å². The summed E-state index contributed by atoms with van der Waals surface area (Å²) >= 11 is 0. The van der Waals surface area contributed by atoms with Crippen LogP contribution in [0.4, 0.5) is 5.69 Å². The highest BCUT2D eigenvalue weighted by molar-refractivity contribution is 6.14. The van der Waals surface area contributed by atoms with Crippen molar-refractivity contribution in [3.05, 3.63) is 23.8 Å². The van der Waals surface area contributed by atoms with E-state index in [1.807, 2.05) is 0 Å². The molecule has 0 saturated heterocycles. The Bertz CT molecular complexity index is 752. The Kier molecular flexibility index (Phi) is 5.13. The van der Waals surface area contributed by atoms with E-state index in [0.29, 0.717) is 17.0 Å². The SMILES string of the molecule is CCOC(=O)C1(C(=O)OCC)c2cc(OC)ccc2N(C(C)=O)C1C1CC1. The van der Waals surface area contributed by atoms with Crippen LogP contribution in [0.25, 0.3) is 0 Å². The maximum Gasteiger partial charge on any atom is 0.330 e. The molecule has 1 aliphatic carbocycles. The number of rotatable bonds is 6. The summed E-state index contributed by atoms with van der Waals surface area (Å²) in [6, 6.07) is 4.41. The van der Waals surface area contributed by atoms with Gasteiger partial charge in [-0.2, -0.15) is 0 Å². The lowest BCUT2D eigenvalue weighted by molar-refractivity contribution is -0.166. The maximum absolute atomic E-state index is 13.3. The van der Waals surface area contributed by atoms with Crippen LogP contribution in [0.5, 0.6) is 5.75 Å². The number of carbonyl (C=O) groups is 3. The van der Waals surface area contributed by atoms with Crippen molar-refractivity contribution < 1.29 is 28.6 Å². The molecule has 2 aliphatic rings. The van der Waals surface area contributed by atoms with Crippen LogP contribution in [-0.4, -0.2) is 44.2 Å². The Morgan fingerprint density at radius 1 is 1.11 bits per heavy atom. The van der Waals surface area contributed by atoms with E-state index < -0.39 is 23.4 Å². The second kappa shape index (κ2) is 7.21. The predicted octanol–water partition coefficient (Wildman–Crippen LogP) is 2.20. The van der Waals surface area contributed by atoms with E-state index in [0.717, 1.165) is 12.8 Å². The minimum absolute atomic E-state index is 0.0288. The van der Waals surface area contributed by atoms with Crippen LogP contribution >= 0.6 is 0 Å². The molecule has 1 aliphatic heterocycles. The topological polar surface area (TPSA) is 82.1 Å². The minimum Gasteiger partial charge on any atom is -0.497 e. The molecule has 1 fully saturated rings. The molecule has 1 amide bonds. The molecule has 146 valence electrons. The van der Waals surface area contributed by atoms with Crippen LogP contribution in [0.1, 0.15) is 39.2 Å². The highest BCUT2D eigenvalue weighted by atomic mass is 16.6. The molecule has 1 aromatic rings. The molecular formula is C20H25NO6. The van der Waals surface area contributed by atoms with Crippen molar-refractivity contribution in [1.82, 2.24) is 0 Å². The first-order chi connectivity index (χ1) is 12.9. The van der Waals surface area contributed by atoms with Gasteiger partial charge in [0.25, 0.3) is 0 Å². The molecule has 3 rings (SSSR count). The summed E-state index contributed by atoms with van der Waals surface area (Å²) in [5, 5.41) is 0. The lowest BCUT2D eigenvalue weighted by Gasteiger charge is -2.34. The number of amides is 1. The highest BCUT2D eigenvalue weighted by Gasteiger charge is 2.67. The Labute approximate surface area is 158 Å². The first-order valence-electron chi connectivity index (χ1n) is 9.26. The van der Waals surface area contributed by atoms with Crippen LogP contribution in [0.2, 0.25) is 0 Å². The molecule has 1 atom stereocenters. The Morgan fingerprint density at radius 2 is 1.70 bits per heavy atom. The first kappa shape index (κ1) is 19.2. The average molecular weight is 375 g/mol. The molecule has 0 spiro atoms. The number of methoxy groups -OCH3 is 1. The van der Waals surface area contributed by atoms with Gasteiger partial charge in [0, 0.05) is 18.2 Å². The molecule has 7 heteroatoms. The second-order valence-corrected chi connectivity index (χ2v) is 6.80. The molecule has 0 aromatic heterocycles. The quantitative estimate of drug-likeness (QED) is 0.560. The molecule has 7 nitrogen and oxygen atoms in total. The monoisotopic (exact) mass is 375 g/mol. The van der Waals surface area contributed by atoms with Crippen molar-refractivity contribution in [3.8, 4) is 5.75 Å². The fourth-order valence-corrected chi connectivity index (χ4v) is 4.05. The normalized spacial score (nSPS) is 20.0. The third-order valence-electron chi connectivity index (χ3n) is 5.21. The van der Waals surface area contributed by atoms with Crippen molar-refractivity contribution >= 4 is 23.5 Å². The van der Waals surface area contributed by atoms with Gasteiger partial charge in [0.05, 0.1) is 26.4 Å². The van der Waals surface area contributed by atoms with E-state index in [2.05, 4.69) is 0 Å². The fraction of sp³-hybridized carbons (Fsp3) is 0.550. The zero-order chi connectivity index (χ0) is 19.8. The van der Waals surface area contributed by atoms with Gasteiger partial charge < -0.3 is 19.1 Å². The van der Waals surface area contributed by atoms with E-state index in [1.54, 1.807) is 36.9 Å². The summed E-state index contributed by atoms with van der Waals surface area (Å²) in [6.07, 6.45) is 1.67. The molecule has 27 heavy (non-hydrogen) atoms. The standard InChI is InChI=1S/C20H25NO6/c1-5-26-18(23)20(19(24)27-6-2)15-11-14(25-4)9-10-16(15)21(12(3)22)17(20)13-7-8-13/h9-11,13,17H,5-8H2,1-4H3. The molecule has 0 N–H and O–H groups in total. The lowest BCUT2D eigenvalue weighted by atomic mass is 9.74. The molecular weight excluding hydrogens is 350 g/mol. The number of fused-ring (bicyclic) bond motifs is 1. The Hall–Kier alpha value is -2.57. The summed E-state index contributed by atoms with van der Waals surface area (Å²) in [4.78, 5) is 40.6. The van der Waals surface area contributed by atoms with Gasteiger partial charge in [-0.1, -0.05) is 0 Å². The van der Waals surface area contributed by atoms with E-state index in [-0.39, 0.29) is 25.0 Å². The summed E-state index contributed by atoms with van der Waals surface area (Å²) in [5.41, 5.74) is -0.768. The van der Waals surface area contributed by atoms with Crippen molar-refractivity contribution in [3.63, 3.8) is 0 Å². The molecule has 0 bridgehead atoms. The van der Waals surface area contributed by atoms with Crippen LogP contribution in [0, 0.1) is 5.92 Å². The van der Waals surface area contributed by atoms with Crippen molar-refractivity contribution in [1.29, 1.82) is 0 Å². The zero-order valence-electron chi connectivity index (χ0n) is 16.1. The van der Waals surface area contributed by atoms with Crippen molar-refractivity contribution in [2.45, 2.75) is 45.1 Å². The number of carbonyl (C=O) groups excluding carboxylic acids is 3. The molecule has 1 aromatic carbocycles. The van der Waals surface area contributed by atoms with Gasteiger partial charge in [-0.05, 0) is 50.8 Å². The van der Waals surface area contributed by atoms with Crippen molar-refractivity contribution in [2.24, 2.45) is 5.92 Å². The lowest BCUT2D eigenvalue weighted by Crippen LogP contribution is -2.58. The number of nitrogens with zero attached hydrogens (tertiary/aromatic N) is 1.